The number of ether oxygens (including phenoxy) is 2. The van der Waals surface area contributed by atoms with Crippen LogP contribution in [0.1, 0.15) is 13.3 Å². The Morgan fingerprint density at radius 3 is 2.58 bits per heavy atom. The van der Waals surface area contributed by atoms with E-state index < -0.39 is 17.7 Å². The van der Waals surface area contributed by atoms with Crippen LogP contribution >= 0.6 is 11.6 Å². The molecule has 0 saturated carbocycles. The van der Waals surface area contributed by atoms with E-state index in [2.05, 4.69) is 9.47 Å². The largest absolute Gasteiger partial charge is 0.506 e. The number of rotatable bonds is 4. The van der Waals surface area contributed by atoms with Crippen LogP contribution in [0.25, 0.3) is 0 Å². The van der Waals surface area contributed by atoms with Crippen LogP contribution < -0.4 is 0 Å². The van der Waals surface area contributed by atoms with Gasteiger partial charge in [0.1, 0.15) is 6.10 Å². The molecule has 5 nitrogen and oxygen atoms in total. The predicted molar refractivity (Wildman–Crippen MR) is 40.4 cm³/mol. The van der Waals surface area contributed by atoms with Gasteiger partial charge in [-0.05, 0) is 6.92 Å². The summed E-state index contributed by atoms with van der Waals surface area (Å²) in [6.45, 7) is 1.60. The summed E-state index contributed by atoms with van der Waals surface area (Å²) in [4.78, 5) is 20.0. The number of carboxylic acid groups (broad SMARTS) is 1. The molecule has 0 rings (SSSR count). The zero-order valence-corrected chi connectivity index (χ0v) is 7.21. The van der Waals surface area contributed by atoms with Crippen molar-refractivity contribution in [1.82, 2.24) is 0 Å². The van der Waals surface area contributed by atoms with Crippen molar-refractivity contribution >= 4 is 23.2 Å². The van der Waals surface area contributed by atoms with Gasteiger partial charge in [-0.15, -0.1) is 0 Å². The summed E-state index contributed by atoms with van der Waals surface area (Å²) in [7, 11) is 0. The maximum absolute atomic E-state index is 10.0. The third-order valence-electron chi connectivity index (χ3n) is 1.04. The first kappa shape index (κ1) is 11.0. The van der Waals surface area contributed by atoms with Crippen LogP contribution in [-0.2, 0) is 9.47 Å². The van der Waals surface area contributed by atoms with Gasteiger partial charge in [0.05, 0.1) is 6.61 Å². The van der Waals surface area contributed by atoms with Crippen LogP contribution in [0.15, 0.2) is 0 Å². The van der Waals surface area contributed by atoms with E-state index in [0.29, 0.717) is 6.42 Å². The first-order valence-corrected chi connectivity index (χ1v) is 3.62. The molecular formula is C6H9ClO5. The van der Waals surface area contributed by atoms with Crippen LogP contribution in [0, 0.1) is 0 Å². The van der Waals surface area contributed by atoms with Gasteiger partial charge in [-0.25, -0.2) is 9.59 Å². The van der Waals surface area contributed by atoms with E-state index in [9.17, 15) is 9.59 Å². The number of hydrogen-bond acceptors (Lipinski definition) is 4. The average Bonchev–Trinajstić information content (AvgIpc) is 1.84. The minimum absolute atomic E-state index is 0.0524. The van der Waals surface area contributed by atoms with Crippen molar-refractivity contribution < 1.29 is 24.2 Å². The Bertz CT molecular complexity index is 169. The number of carbonyl (C=O) groups is 2. The molecule has 0 aromatic heterocycles. The van der Waals surface area contributed by atoms with E-state index in [-0.39, 0.29) is 6.61 Å². The van der Waals surface area contributed by atoms with Crippen molar-refractivity contribution in [3.05, 3.63) is 0 Å². The molecule has 0 aromatic rings. The normalized spacial score (nSPS) is 11.8. The fraction of sp³-hybridized carbons (Fsp3) is 0.667. The van der Waals surface area contributed by atoms with E-state index >= 15 is 0 Å². The Labute approximate surface area is 74.2 Å². The molecule has 12 heavy (non-hydrogen) atoms. The maximum Gasteiger partial charge on any atom is 0.506 e. The second-order valence-electron chi connectivity index (χ2n) is 2.07. The zero-order valence-electron chi connectivity index (χ0n) is 6.45. The summed E-state index contributed by atoms with van der Waals surface area (Å²) in [5.41, 5.74) is -0.905. The van der Waals surface area contributed by atoms with E-state index in [1.807, 2.05) is 0 Å². The molecule has 0 bridgehead atoms. The first-order chi connectivity index (χ1) is 5.52. The first-order valence-electron chi connectivity index (χ1n) is 3.24. The van der Waals surface area contributed by atoms with Gasteiger partial charge in [0.25, 0.3) is 0 Å². The minimum Gasteiger partial charge on any atom is -0.454 e. The molecule has 0 aliphatic heterocycles. The van der Waals surface area contributed by atoms with Gasteiger partial charge >= 0.3 is 11.6 Å². The van der Waals surface area contributed by atoms with Crippen LogP contribution in [0.3, 0.4) is 0 Å². The van der Waals surface area contributed by atoms with Crippen molar-refractivity contribution in [2.75, 3.05) is 6.61 Å². The monoisotopic (exact) mass is 196 g/mol. The standard InChI is InChI=1S/C6H9ClO5/c1-4(12-6(9)10)2-3-11-5(7)8/h4H,2-3H2,1H3,(H,9,10). The molecule has 0 radical (unpaired) electrons. The Hall–Kier alpha value is -0.970. The lowest BCUT2D eigenvalue weighted by Crippen LogP contribution is -2.15. The third-order valence-corrected chi connectivity index (χ3v) is 1.15. The molecule has 0 amide bonds. The molecule has 0 spiro atoms. The summed E-state index contributed by atoms with van der Waals surface area (Å²) in [5, 5.41) is 8.14. The highest BCUT2D eigenvalue weighted by atomic mass is 35.5. The fourth-order valence-corrected chi connectivity index (χ4v) is 0.613. The SMILES string of the molecule is CC(CCOC(=O)Cl)OC(=O)O. The van der Waals surface area contributed by atoms with Crippen LogP contribution in [0.2, 0.25) is 0 Å². The lowest BCUT2D eigenvalue weighted by atomic mass is 10.3. The van der Waals surface area contributed by atoms with Gasteiger partial charge in [0.2, 0.25) is 0 Å². The van der Waals surface area contributed by atoms with Crippen LogP contribution in [0.5, 0.6) is 0 Å². The maximum atomic E-state index is 10.0. The molecule has 0 heterocycles. The summed E-state index contributed by atoms with van der Waals surface area (Å²) < 4.78 is 8.66. The van der Waals surface area contributed by atoms with Gasteiger partial charge in [-0.2, -0.15) is 0 Å². The van der Waals surface area contributed by atoms with Crippen LogP contribution in [0.4, 0.5) is 9.59 Å². The lowest BCUT2D eigenvalue weighted by molar-refractivity contribution is 0.0476. The summed E-state index contributed by atoms with van der Waals surface area (Å²) in [6, 6.07) is 0. The van der Waals surface area contributed by atoms with E-state index in [0.717, 1.165) is 0 Å². The van der Waals surface area contributed by atoms with Crippen molar-refractivity contribution in [3.8, 4) is 0 Å². The van der Waals surface area contributed by atoms with Crippen molar-refractivity contribution in [3.63, 3.8) is 0 Å². The molecular weight excluding hydrogens is 188 g/mol. The van der Waals surface area contributed by atoms with E-state index in [1.165, 1.54) is 0 Å². The van der Waals surface area contributed by atoms with E-state index in [4.69, 9.17) is 16.7 Å². The van der Waals surface area contributed by atoms with Gasteiger partial charge < -0.3 is 14.6 Å². The second-order valence-corrected chi connectivity index (χ2v) is 2.38. The molecule has 1 N–H and O–H groups in total. The molecule has 0 fully saturated rings. The minimum atomic E-state index is -1.35. The smallest absolute Gasteiger partial charge is 0.454 e. The highest BCUT2D eigenvalue weighted by Crippen LogP contribution is 1.99. The quantitative estimate of drug-likeness (QED) is 0.549. The Morgan fingerprint density at radius 2 is 2.17 bits per heavy atom. The lowest BCUT2D eigenvalue weighted by Gasteiger charge is -2.08. The molecule has 0 aliphatic carbocycles. The Kier molecular flexibility index (Phi) is 5.19. The number of halogens is 1. The van der Waals surface area contributed by atoms with E-state index in [1.54, 1.807) is 6.92 Å². The third kappa shape index (κ3) is 7.14. The highest BCUT2D eigenvalue weighted by Gasteiger charge is 2.07. The van der Waals surface area contributed by atoms with Gasteiger partial charge in [-0.1, -0.05) is 0 Å². The van der Waals surface area contributed by atoms with Crippen molar-refractivity contribution in [1.29, 1.82) is 0 Å². The topological polar surface area (TPSA) is 72.8 Å². The van der Waals surface area contributed by atoms with Gasteiger partial charge in [0, 0.05) is 18.0 Å². The molecule has 6 heteroatoms. The fourth-order valence-electron chi connectivity index (χ4n) is 0.536. The van der Waals surface area contributed by atoms with Gasteiger partial charge in [-0.3, -0.25) is 0 Å². The van der Waals surface area contributed by atoms with Crippen molar-refractivity contribution in [2.24, 2.45) is 0 Å². The number of hydrogen-bond donors (Lipinski definition) is 1. The summed E-state index contributed by atoms with van der Waals surface area (Å²) in [5.74, 6) is 0. The molecule has 1 atom stereocenters. The molecule has 1 unspecified atom stereocenters. The highest BCUT2D eigenvalue weighted by molar-refractivity contribution is 6.61. The molecule has 70 valence electrons. The summed E-state index contributed by atoms with van der Waals surface area (Å²) >= 11 is 4.85. The second kappa shape index (κ2) is 5.65. The van der Waals surface area contributed by atoms with Gasteiger partial charge in [0.15, 0.2) is 0 Å². The molecule has 0 aromatic carbocycles. The van der Waals surface area contributed by atoms with Crippen molar-refractivity contribution in [2.45, 2.75) is 19.4 Å². The molecule has 0 aliphatic rings. The van der Waals surface area contributed by atoms with Crippen LogP contribution in [-0.4, -0.2) is 29.4 Å². The zero-order chi connectivity index (χ0) is 9.56. The molecule has 0 saturated heterocycles. The number of carbonyl (C=O) groups excluding carboxylic acids is 1. The predicted octanol–water partition coefficient (Wildman–Crippen LogP) is 1.83. The Morgan fingerprint density at radius 1 is 1.58 bits per heavy atom. The average molecular weight is 197 g/mol. The Balaban J connectivity index is 3.37. The summed E-state index contributed by atoms with van der Waals surface area (Å²) in [6.07, 6.45) is -1.55.